The normalized spacial score (nSPS) is 10.2. The van der Waals surface area contributed by atoms with Crippen LogP contribution in [0.15, 0.2) is 42.5 Å². The summed E-state index contributed by atoms with van der Waals surface area (Å²) >= 11 is 0. The topological polar surface area (TPSA) is 64.6 Å². The summed E-state index contributed by atoms with van der Waals surface area (Å²) < 4.78 is 23.6. The molecular weight excluding hydrogens is 325 g/mol. The number of carbonyl (C=O) groups excluding carboxylic acids is 2. The van der Waals surface area contributed by atoms with Gasteiger partial charge in [0.25, 0.3) is 5.91 Å². The maximum absolute atomic E-state index is 13.5. The maximum Gasteiger partial charge on any atom is 0.338 e. The van der Waals surface area contributed by atoms with E-state index in [1.807, 2.05) is 6.92 Å². The van der Waals surface area contributed by atoms with Crippen molar-refractivity contribution in [2.75, 3.05) is 20.3 Å². The highest BCUT2D eigenvalue weighted by Crippen LogP contribution is 2.19. The zero-order valence-corrected chi connectivity index (χ0v) is 14.2. The van der Waals surface area contributed by atoms with Crippen LogP contribution in [0.1, 0.15) is 21.5 Å². The molecule has 2 rings (SSSR count). The fraction of sp³-hybridized carbons (Fsp3) is 0.263. The number of ether oxygens (including phenoxy) is 2. The zero-order valence-electron chi connectivity index (χ0n) is 14.2. The van der Waals surface area contributed by atoms with Crippen LogP contribution in [0.4, 0.5) is 4.39 Å². The summed E-state index contributed by atoms with van der Waals surface area (Å²) in [6, 6.07) is 11.3. The van der Waals surface area contributed by atoms with Gasteiger partial charge >= 0.3 is 5.97 Å². The van der Waals surface area contributed by atoms with Gasteiger partial charge in [-0.2, -0.15) is 0 Å². The van der Waals surface area contributed by atoms with E-state index in [0.717, 1.165) is 5.56 Å². The van der Waals surface area contributed by atoms with Gasteiger partial charge in [-0.3, -0.25) is 4.79 Å². The van der Waals surface area contributed by atoms with E-state index in [4.69, 9.17) is 9.47 Å². The van der Waals surface area contributed by atoms with Crippen molar-refractivity contribution < 1.29 is 23.5 Å². The second-order valence-electron chi connectivity index (χ2n) is 5.45. The molecule has 0 saturated heterocycles. The highest BCUT2D eigenvalue weighted by atomic mass is 19.1. The van der Waals surface area contributed by atoms with Crippen molar-refractivity contribution in [2.45, 2.75) is 13.3 Å². The van der Waals surface area contributed by atoms with Crippen molar-refractivity contribution in [1.82, 2.24) is 5.32 Å². The number of carbonyl (C=O) groups is 2. The number of benzene rings is 2. The molecular formula is C19H20FNO4. The van der Waals surface area contributed by atoms with E-state index >= 15 is 0 Å². The molecule has 0 fully saturated rings. The number of halogens is 1. The molecule has 2 aromatic carbocycles. The standard InChI is InChI=1S/C19H20FNO4/c1-13-7-8-15(11-17(13)24-2)19(23)25-12-18(22)21-10-9-14-5-3-4-6-16(14)20/h3-8,11H,9-10,12H2,1-2H3,(H,21,22). The van der Waals surface area contributed by atoms with Crippen LogP contribution in [-0.4, -0.2) is 32.1 Å². The smallest absolute Gasteiger partial charge is 0.338 e. The van der Waals surface area contributed by atoms with E-state index in [9.17, 15) is 14.0 Å². The molecule has 0 heterocycles. The fourth-order valence-corrected chi connectivity index (χ4v) is 2.25. The Balaban J connectivity index is 1.78. The predicted octanol–water partition coefficient (Wildman–Crippen LogP) is 2.66. The number of hydrogen-bond acceptors (Lipinski definition) is 4. The molecule has 132 valence electrons. The van der Waals surface area contributed by atoms with Crippen molar-refractivity contribution in [1.29, 1.82) is 0 Å². The van der Waals surface area contributed by atoms with Gasteiger partial charge in [0, 0.05) is 6.54 Å². The molecule has 0 aliphatic rings. The lowest BCUT2D eigenvalue weighted by molar-refractivity contribution is -0.124. The van der Waals surface area contributed by atoms with Crippen molar-refractivity contribution in [3.63, 3.8) is 0 Å². The highest BCUT2D eigenvalue weighted by molar-refractivity contribution is 5.91. The number of nitrogens with one attached hydrogen (secondary N) is 1. The van der Waals surface area contributed by atoms with Gasteiger partial charge in [0.15, 0.2) is 6.61 Å². The molecule has 0 aliphatic heterocycles. The predicted molar refractivity (Wildman–Crippen MR) is 91.1 cm³/mol. The van der Waals surface area contributed by atoms with Gasteiger partial charge in [-0.25, -0.2) is 9.18 Å². The number of rotatable bonds is 7. The van der Waals surface area contributed by atoms with Gasteiger partial charge in [-0.05, 0) is 42.7 Å². The highest BCUT2D eigenvalue weighted by Gasteiger charge is 2.12. The first-order valence-electron chi connectivity index (χ1n) is 7.83. The number of amides is 1. The van der Waals surface area contributed by atoms with E-state index in [-0.39, 0.29) is 12.4 Å². The Kier molecular flexibility index (Phi) is 6.51. The molecule has 0 atom stereocenters. The van der Waals surface area contributed by atoms with E-state index in [1.54, 1.807) is 36.4 Å². The van der Waals surface area contributed by atoms with Crippen LogP contribution in [0.5, 0.6) is 5.75 Å². The molecule has 0 spiro atoms. The Hall–Kier alpha value is -2.89. The third kappa shape index (κ3) is 5.31. The monoisotopic (exact) mass is 345 g/mol. The second kappa shape index (κ2) is 8.82. The first kappa shape index (κ1) is 18.4. The Bertz CT molecular complexity index is 761. The Morgan fingerprint density at radius 3 is 2.64 bits per heavy atom. The summed E-state index contributed by atoms with van der Waals surface area (Å²) in [5.74, 6) is -0.786. The van der Waals surface area contributed by atoms with Crippen molar-refractivity contribution >= 4 is 11.9 Å². The third-order valence-corrected chi connectivity index (χ3v) is 3.65. The Morgan fingerprint density at radius 2 is 1.92 bits per heavy atom. The molecule has 5 nitrogen and oxygen atoms in total. The summed E-state index contributed by atoms with van der Waals surface area (Å²) in [5.41, 5.74) is 1.72. The Labute approximate surface area is 145 Å². The molecule has 0 radical (unpaired) electrons. The lowest BCUT2D eigenvalue weighted by atomic mass is 10.1. The van der Waals surface area contributed by atoms with Crippen LogP contribution in [-0.2, 0) is 16.0 Å². The summed E-state index contributed by atoms with van der Waals surface area (Å²) in [5, 5.41) is 2.59. The minimum Gasteiger partial charge on any atom is -0.496 e. The van der Waals surface area contributed by atoms with E-state index in [2.05, 4.69) is 5.32 Å². The minimum atomic E-state index is -0.609. The van der Waals surface area contributed by atoms with Gasteiger partial charge in [-0.1, -0.05) is 24.3 Å². The van der Waals surface area contributed by atoms with Crippen molar-refractivity contribution in [2.24, 2.45) is 0 Å². The van der Waals surface area contributed by atoms with Crippen molar-refractivity contribution in [3.05, 3.63) is 65.0 Å². The number of aryl methyl sites for hydroxylation is 1. The third-order valence-electron chi connectivity index (χ3n) is 3.65. The molecule has 6 heteroatoms. The molecule has 25 heavy (non-hydrogen) atoms. The molecule has 0 aliphatic carbocycles. The van der Waals surface area contributed by atoms with Crippen LogP contribution >= 0.6 is 0 Å². The number of esters is 1. The average molecular weight is 345 g/mol. The van der Waals surface area contributed by atoms with Crippen LogP contribution in [0.2, 0.25) is 0 Å². The van der Waals surface area contributed by atoms with Crippen LogP contribution in [0.3, 0.4) is 0 Å². The molecule has 0 unspecified atom stereocenters. The largest absolute Gasteiger partial charge is 0.496 e. The van der Waals surface area contributed by atoms with Crippen LogP contribution in [0, 0.1) is 12.7 Å². The van der Waals surface area contributed by atoms with Gasteiger partial charge in [0.1, 0.15) is 11.6 Å². The van der Waals surface area contributed by atoms with Crippen molar-refractivity contribution in [3.8, 4) is 5.75 Å². The SMILES string of the molecule is COc1cc(C(=O)OCC(=O)NCCc2ccccc2F)ccc1C. The Morgan fingerprint density at radius 1 is 1.16 bits per heavy atom. The number of hydrogen-bond donors (Lipinski definition) is 1. The van der Waals surface area contributed by atoms with Gasteiger partial charge in [0.2, 0.25) is 0 Å². The molecule has 0 saturated carbocycles. The first-order chi connectivity index (χ1) is 12.0. The van der Waals surface area contributed by atoms with Crippen LogP contribution in [0.25, 0.3) is 0 Å². The van der Waals surface area contributed by atoms with Gasteiger partial charge in [0.05, 0.1) is 12.7 Å². The summed E-state index contributed by atoms with van der Waals surface area (Å²) in [6.07, 6.45) is 0.363. The van der Waals surface area contributed by atoms with E-state index in [0.29, 0.717) is 23.3 Å². The lowest BCUT2D eigenvalue weighted by Crippen LogP contribution is -2.30. The van der Waals surface area contributed by atoms with Gasteiger partial charge < -0.3 is 14.8 Å². The average Bonchev–Trinajstić information content (AvgIpc) is 2.61. The maximum atomic E-state index is 13.5. The van der Waals surface area contributed by atoms with E-state index < -0.39 is 18.5 Å². The molecule has 0 bridgehead atoms. The summed E-state index contributed by atoms with van der Waals surface area (Å²) in [4.78, 5) is 23.7. The molecule has 1 amide bonds. The van der Waals surface area contributed by atoms with Crippen LogP contribution < -0.4 is 10.1 Å². The van der Waals surface area contributed by atoms with E-state index in [1.165, 1.54) is 13.2 Å². The molecule has 1 N–H and O–H groups in total. The molecule has 0 aromatic heterocycles. The quantitative estimate of drug-likeness (QED) is 0.784. The fourth-order valence-electron chi connectivity index (χ4n) is 2.25. The summed E-state index contributed by atoms with van der Waals surface area (Å²) in [7, 11) is 1.51. The minimum absolute atomic E-state index is 0.260. The zero-order chi connectivity index (χ0) is 18.2. The molecule has 2 aromatic rings. The summed E-state index contributed by atoms with van der Waals surface area (Å²) in [6.45, 7) is 1.72. The van der Waals surface area contributed by atoms with Gasteiger partial charge in [-0.15, -0.1) is 0 Å². The first-order valence-corrected chi connectivity index (χ1v) is 7.83. The second-order valence-corrected chi connectivity index (χ2v) is 5.45. The number of methoxy groups -OCH3 is 1. The lowest BCUT2D eigenvalue weighted by Gasteiger charge is -2.09.